The topological polar surface area (TPSA) is 56.0 Å². The van der Waals surface area contributed by atoms with E-state index in [0.717, 1.165) is 0 Å². The van der Waals surface area contributed by atoms with Crippen LogP contribution >= 0.6 is 0 Å². The summed E-state index contributed by atoms with van der Waals surface area (Å²) >= 11 is 0. The van der Waals surface area contributed by atoms with Crippen LogP contribution in [0.3, 0.4) is 0 Å². The van der Waals surface area contributed by atoms with Gasteiger partial charge < -0.3 is 0 Å². The molecular formula is C5H3N2O2. The molecule has 4 heteroatoms. The van der Waals surface area contributed by atoms with Gasteiger partial charge in [-0.25, -0.2) is 0 Å². The molecular weight excluding hydrogens is 120 g/mol. The first kappa shape index (κ1) is 5.68. The highest BCUT2D eigenvalue weighted by Crippen LogP contribution is 2.03. The van der Waals surface area contributed by atoms with Crippen molar-refractivity contribution < 1.29 is 4.92 Å². The molecule has 1 aromatic rings. The summed E-state index contributed by atoms with van der Waals surface area (Å²) in [6, 6.07) is 3.76. The molecule has 0 aliphatic rings. The van der Waals surface area contributed by atoms with Crippen molar-refractivity contribution in [1.29, 1.82) is 0 Å². The van der Waals surface area contributed by atoms with Crippen molar-refractivity contribution in [2.24, 2.45) is 0 Å². The maximum atomic E-state index is 9.95. The van der Waals surface area contributed by atoms with E-state index in [1.807, 2.05) is 0 Å². The highest BCUT2D eigenvalue weighted by molar-refractivity contribution is 5.22. The summed E-state index contributed by atoms with van der Waals surface area (Å²) in [5.41, 5.74) is -0.0301. The van der Waals surface area contributed by atoms with Gasteiger partial charge in [0.15, 0.2) is 0 Å². The number of hydrogen-bond donors (Lipinski definition) is 0. The number of nitro groups is 1. The lowest BCUT2D eigenvalue weighted by Gasteiger charge is -1.84. The normalized spacial score (nSPS) is 8.89. The Kier molecular flexibility index (Phi) is 1.40. The van der Waals surface area contributed by atoms with E-state index in [9.17, 15) is 10.1 Å². The first-order valence-corrected chi connectivity index (χ1v) is 2.26. The van der Waals surface area contributed by atoms with Gasteiger partial charge in [-0.15, -0.1) is 0 Å². The van der Waals surface area contributed by atoms with Crippen LogP contribution in [0.15, 0.2) is 18.5 Å². The van der Waals surface area contributed by atoms with Crippen LogP contribution in [0.25, 0.3) is 0 Å². The van der Waals surface area contributed by atoms with E-state index in [1.165, 1.54) is 18.5 Å². The highest BCUT2D eigenvalue weighted by atomic mass is 16.6. The number of aromatic nitrogens is 1. The first-order chi connectivity index (χ1) is 4.30. The van der Waals surface area contributed by atoms with E-state index in [2.05, 4.69) is 11.1 Å². The quantitative estimate of drug-likeness (QED) is 0.409. The van der Waals surface area contributed by atoms with Crippen LogP contribution in [0.5, 0.6) is 0 Å². The summed E-state index contributed by atoms with van der Waals surface area (Å²) in [7, 11) is 0. The Balaban J connectivity index is 2.98. The van der Waals surface area contributed by atoms with E-state index in [-0.39, 0.29) is 5.69 Å². The molecule has 0 aliphatic heterocycles. The third-order valence-corrected chi connectivity index (χ3v) is 0.798. The van der Waals surface area contributed by atoms with Gasteiger partial charge in [0.25, 0.3) is 5.69 Å². The van der Waals surface area contributed by atoms with Gasteiger partial charge >= 0.3 is 0 Å². The summed E-state index contributed by atoms with van der Waals surface area (Å²) in [5.74, 6) is 0. The van der Waals surface area contributed by atoms with Gasteiger partial charge in [0.1, 0.15) is 6.20 Å². The molecule has 9 heavy (non-hydrogen) atoms. The molecule has 0 saturated heterocycles. The van der Waals surface area contributed by atoms with Crippen molar-refractivity contribution in [1.82, 2.24) is 4.98 Å². The fourth-order valence-electron chi connectivity index (χ4n) is 0.416. The van der Waals surface area contributed by atoms with Gasteiger partial charge in [-0.2, -0.15) is 0 Å². The van der Waals surface area contributed by atoms with Crippen LogP contribution < -0.4 is 0 Å². The average Bonchev–Trinajstić information content (AvgIpc) is 1.90. The van der Waals surface area contributed by atoms with Gasteiger partial charge in [0.2, 0.25) is 0 Å². The average molecular weight is 123 g/mol. The zero-order valence-corrected chi connectivity index (χ0v) is 4.44. The Morgan fingerprint density at radius 1 is 1.78 bits per heavy atom. The van der Waals surface area contributed by atoms with Crippen molar-refractivity contribution in [2.45, 2.75) is 0 Å². The molecule has 1 heterocycles. The molecule has 1 aromatic heterocycles. The van der Waals surface area contributed by atoms with E-state index in [1.54, 1.807) is 0 Å². The third kappa shape index (κ3) is 1.22. The SMILES string of the molecule is O=[N+]([O-])c1c[c]cnc1. The van der Waals surface area contributed by atoms with Gasteiger partial charge in [0.05, 0.1) is 4.92 Å². The zero-order valence-electron chi connectivity index (χ0n) is 4.44. The van der Waals surface area contributed by atoms with Gasteiger partial charge in [-0.3, -0.25) is 15.1 Å². The number of rotatable bonds is 1. The van der Waals surface area contributed by atoms with Crippen LogP contribution in [-0.4, -0.2) is 9.91 Å². The Morgan fingerprint density at radius 3 is 2.89 bits per heavy atom. The summed E-state index contributed by atoms with van der Waals surface area (Å²) in [6.07, 6.45) is 2.55. The van der Waals surface area contributed by atoms with E-state index in [0.29, 0.717) is 0 Å². The monoisotopic (exact) mass is 123 g/mol. The first-order valence-electron chi connectivity index (χ1n) is 2.26. The number of nitrogens with zero attached hydrogens (tertiary/aromatic N) is 2. The standard InChI is InChI=1S/C5H3N2O2/c8-7(9)5-2-1-3-6-4-5/h2-4H. The number of hydrogen-bond acceptors (Lipinski definition) is 3. The van der Waals surface area contributed by atoms with Crippen molar-refractivity contribution in [2.75, 3.05) is 0 Å². The zero-order chi connectivity index (χ0) is 6.69. The van der Waals surface area contributed by atoms with Gasteiger partial charge in [-0.1, -0.05) is 0 Å². The molecule has 0 aliphatic carbocycles. The van der Waals surface area contributed by atoms with E-state index in [4.69, 9.17) is 0 Å². The lowest BCUT2D eigenvalue weighted by Crippen LogP contribution is -1.86. The van der Waals surface area contributed by atoms with Crippen LogP contribution in [-0.2, 0) is 0 Å². The molecule has 0 fully saturated rings. The second-order valence-electron chi connectivity index (χ2n) is 1.40. The minimum Gasteiger partial charge on any atom is -0.258 e. The third-order valence-electron chi connectivity index (χ3n) is 0.798. The van der Waals surface area contributed by atoms with Gasteiger partial charge in [-0.05, 0) is 0 Å². The molecule has 0 saturated carbocycles. The predicted molar refractivity (Wildman–Crippen MR) is 29.7 cm³/mol. The molecule has 45 valence electrons. The lowest BCUT2D eigenvalue weighted by molar-refractivity contribution is -0.385. The summed E-state index contributed by atoms with van der Waals surface area (Å²) < 4.78 is 0. The fraction of sp³-hybridized carbons (Fsp3) is 0. The Labute approximate surface area is 51.3 Å². The molecule has 0 amide bonds. The van der Waals surface area contributed by atoms with Crippen LogP contribution in [0, 0.1) is 16.2 Å². The van der Waals surface area contributed by atoms with Crippen LogP contribution in [0.4, 0.5) is 5.69 Å². The van der Waals surface area contributed by atoms with Crippen molar-refractivity contribution in [3.8, 4) is 0 Å². The minimum absolute atomic E-state index is 0.0301. The molecule has 0 atom stereocenters. The molecule has 0 bridgehead atoms. The maximum Gasteiger partial charge on any atom is 0.288 e. The second-order valence-corrected chi connectivity index (χ2v) is 1.40. The molecule has 1 radical (unpaired) electrons. The number of pyridine rings is 1. The maximum absolute atomic E-state index is 9.95. The van der Waals surface area contributed by atoms with Crippen molar-refractivity contribution >= 4 is 5.69 Å². The predicted octanol–water partition coefficient (Wildman–Crippen LogP) is 0.790. The van der Waals surface area contributed by atoms with Crippen LogP contribution in [0.1, 0.15) is 0 Å². The van der Waals surface area contributed by atoms with Gasteiger partial charge in [0, 0.05) is 18.3 Å². The fourth-order valence-corrected chi connectivity index (χ4v) is 0.416. The summed E-state index contributed by atoms with van der Waals surface area (Å²) in [4.78, 5) is 12.9. The second kappa shape index (κ2) is 2.21. The Hall–Kier alpha value is -1.45. The molecule has 1 rings (SSSR count). The van der Waals surface area contributed by atoms with E-state index >= 15 is 0 Å². The highest BCUT2D eigenvalue weighted by Gasteiger charge is 2.00. The van der Waals surface area contributed by atoms with Crippen molar-refractivity contribution in [3.05, 3.63) is 34.6 Å². The largest absolute Gasteiger partial charge is 0.288 e. The Morgan fingerprint density at radius 2 is 2.56 bits per heavy atom. The molecule has 0 N–H and O–H groups in total. The Bertz CT molecular complexity index is 209. The molecule has 0 unspecified atom stereocenters. The summed E-state index contributed by atoms with van der Waals surface area (Å²) in [6.45, 7) is 0. The molecule has 4 nitrogen and oxygen atoms in total. The van der Waals surface area contributed by atoms with Crippen molar-refractivity contribution in [3.63, 3.8) is 0 Å². The molecule has 0 aromatic carbocycles. The van der Waals surface area contributed by atoms with Crippen LogP contribution in [0.2, 0.25) is 0 Å². The molecule has 0 spiro atoms. The smallest absolute Gasteiger partial charge is 0.258 e. The lowest BCUT2D eigenvalue weighted by atomic mass is 10.4. The minimum atomic E-state index is -0.510. The van der Waals surface area contributed by atoms with E-state index < -0.39 is 4.92 Å². The summed E-state index contributed by atoms with van der Waals surface area (Å²) in [5, 5.41) is 9.95.